The van der Waals surface area contributed by atoms with E-state index >= 15 is 0 Å². The zero-order valence-electron chi connectivity index (χ0n) is 11.9. The van der Waals surface area contributed by atoms with Gasteiger partial charge in [-0.25, -0.2) is 9.97 Å². The second kappa shape index (κ2) is 5.87. The zero-order valence-corrected chi connectivity index (χ0v) is 11.9. The van der Waals surface area contributed by atoms with Gasteiger partial charge in [0.2, 0.25) is 5.91 Å². The Morgan fingerprint density at radius 3 is 2.76 bits per heavy atom. The molecule has 1 aromatic heterocycles. The second-order valence-electron chi connectivity index (χ2n) is 5.10. The Morgan fingerprint density at radius 2 is 2.14 bits per heavy atom. The maximum Gasteiger partial charge on any atom is 0.405 e. The molecule has 1 fully saturated rings. The first-order valence-electron chi connectivity index (χ1n) is 6.69. The molecule has 116 valence electrons. The van der Waals surface area contributed by atoms with Crippen LogP contribution in [-0.4, -0.2) is 41.2 Å². The van der Waals surface area contributed by atoms with Crippen LogP contribution in [0.4, 0.5) is 19.0 Å². The highest BCUT2D eigenvalue weighted by Crippen LogP contribution is 2.25. The van der Waals surface area contributed by atoms with Crippen LogP contribution in [0.2, 0.25) is 0 Å². The number of halogens is 3. The predicted octanol–water partition coefficient (Wildman–Crippen LogP) is 1.74. The Balaban J connectivity index is 2.11. The van der Waals surface area contributed by atoms with Crippen LogP contribution in [-0.2, 0) is 4.79 Å². The molecule has 1 saturated heterocycles. The van der Waals surface area contributed by atoms with Crippen molar-refractivity contribution >= 4 is 11.7 Å². The first-order valence-corrected chi connectivity index (χ1v) is 6.69. The Labute approximate surface area is 120 Å². The molecule has 0 saturated carbocycles. The van der Waals surface area contributed by atoms with Gasteiger partial charge < -0.3 is 10.2 Å². The van der Waals surface area contributed by atoms with E-state index in [2.05, 4.69) is 9.97 Å². The smallest absolute Gasteiger partial charge is 0.345 e. The fourth-order valence-electron chi connectivity index (χ4n) is 2.46. The van der Waals surface area contributed by atoms with Gasteiger partial charge in [0.15, 0.2) is 0 Å². The fraction of sp³-hybridized carbons (Fsp3) is 0.615. The number of hydrogen-bond donors (Lipinski definition) is 1. The first-order chi connectivity index (χ1) is 9.76. The summed E-state index contributed by atoms with van der Waals surface area (Å²) >= 11 is 0. The summed E-state index contributed by atoms with van der Waals surface area (Å²) in [6.45, 7) is 2.84. The molecule has 1 aliphatic heterocycles. The minimum absolute atomic E-state index is 0.520. The Bertz CT molecular complexity index is 512. The third-order valence-electron chi connectivity index (χ3n) is 3.27. The van der Waals surface area contributed by atoms with E-state index in [1.807, 2.05) is 12.2 Å². The summed E-state index contributed by atoms with van der Waals surface area (Å²) in [6, 6.07) is 1.13. The van der Waals surface area contributed by atoms with E-state index in [4.69, 9.17) is 0 Å². The highest BCUT2D eigenvalue weighted by molar-refractivity contribution is 5.85. The molecular weight excluding hydrogens is 285 g/mol. The van der Waals surface area contributed by atoms with Crippen molar-refractivity contribution in [2.75, 3.05) is 18.0 Å². The number of hydrogen-bond acceptors (Lipinski definition) is 4. The van der Waals surface area contributed by atoms with Crippen molar-refractivity contribution in [1.82, 2.24) is 15.3 Å². The van der Waals surface area contributed by atoms with Crippen LogP contribution in [0.5, 0.6) is 0 Å². The number of amides is 1. The van der Waals surface area contributed by atoms with Gasteiger partial charge in [0.1, 0.15) is 24.2 Å². The average molecular weight is 302 g/mol. The number of rotatable bonds is 3. The predicted molar refractivity (Wildman–Crippen MR) is 70.9 cm³/mol. The lowest BCUT2D eigenvalue weighted by Gasteiger charge is -2.25. The summed E-state index contributed by atoms with van der Waals surface area (Å²) in [6.07, 6.45) is -3.14. The number of carbonyl (C=O) groups excluding carboxylic acids is 1. The quantitative estimate of drug-likeness (QED) is 0.924. The monoisotopic (exact) mass is 302 g/mol. The van der Waals surface area contributed by atoms with E-state index in [0.717, 1.165) is 12.1 Å². The van der Waals surface area contributed by atoms with Crippen LogP contribution >= 0.6 is 0 Å². The molecule has 0 aromatic carbocycles. The summed E-state index contributed by atoms with van der Waals surface area (Å²) in [5.74, 6) is 0.551. The lowest BCUT2D eigenvalue weighted by Crippen LogP contribution is -2.46. The first kappa shape index (κ1) is 15.5. The lowest BCUT2D eigenvalue weighted by atomic mass is 10.2. The van der Waals surface area contributed by atoms with E-state index in [9.17, 15) is 18.0 Å². The lowest BCUT2D eigenvalue weighted by molar-refractivity contribution is -0.139. The van der Waals surface area contributed by atoms with Gasteiger partial charge in [0.05, 0.1) is 0 Å². The molecule has 1 atom stereocenters. The van der Waals surface area contributed by atoms with Crippen molar-refractivity contribution in [3.63, 3.8) is 0 Å². The fourth-order valence-corrected chi connectivity index (χ4v) is 2.46. The molecular formula is C13H17F3N4O. The van der Waals surface area contributed by atoms with Gasteiger partial charge in [-0.2, -0.15) is 13.2 Å². The molecule has 0 radical (unpaired) electrons. The van der Waals surface area contributed by atoms with Crippen molar-refractivity contribution < 1.29 is 18.0 Å². The third-order valence-corrected chi connectivity index (χ3v) is 3.27. The topological polar surface area (TPSA) is 58.1 Å². The summed E-state index contributed by atoms with van der Waals surface area (Å²) in [5, 5.41) is 1.94. The second-order valence-corrected chi connectivity index (χ2v) is 5.10. The maximum absolute atomic E-state index is 12.2. The summed E-state index contributed by atoms with van der Waals surface area (Å²) in [7, 11) is 0. The van der Waals surface area contributed by atoms with E-state index in [1.54, 1.807) is 17.9 Å². The largest absolute Gasteiger partial charge is 0.405 e. The van der Waals surface area contributed by atoms with Crippen LogP contribution in [0.1, 0.15) is 24.4 Å². The van der Waals surface area contributed by atoms with Gasteiger partial charge in [0.25, 0.3) is 0 Å². The number of carbonyl (C=O) groups is 1. The Kier molecular flexibility index (Phi) is 4.34. The van der Waals surface area contributed by atoms with Gasteiger partial charge in [0, 0.05) is 18.3 Å². The summed E-state index contributed by atoms with van der Waals surface area (Å²) in [4.78, 5) is 22.1. The number of alkyl halides is 3. The SMILES string of the molecule is Cc1cc(N2CCCC2C(=O)NCC(F)(F)F)nc(C)n1. The number of nitrogens with zero attached hydrogens (tertiary/aromatic N) is 3. The van der Waals surface area contributed by atoms with Gasteiger partial charge in [-0.1, -0.05) is 0 Å². The van der Waals surface area contributed by atoms with Crippen LogP contribution in [0.3, 0.4) is 0 Å². The maximum atomic E-state index is 12.2. The van der Waals surface area contributed by atoms with Crippen molar-refractivity contribution in [2.24, 2.45) is 0 Å². The van der Waals surface area contributed by atoms with Crippen LogP contribution in [0, 0.1) is 13.8 Å². The minimum Gasteiger partial charge on any atom is -0.345 e. The molecule has 1 N–H and O–H groups in total. The molecule has 2 rings (SSSR count). The third kappa shape index (κ3) is 4.05. The van der Waals surface area contributed by atoms with E-state index in [-0.39, 0.29) is 0 Å². The molecule has 2 heterocycles. The van der Waals surface area contributed by atoms with Crippen molar-refractivity contribution in [3.8, 4) is 0 Å². The molecule has 8 heteroatoms. The van der Waals surface area contributed by atoms with Crippen molar-refractivity contribution in [3.05, 3.63) is 17.6 Å². The van der Waals surface area contributed by atoms with Gasteiger partial charge in [-0.15, -0.1) is 0 Å². The van der Waals surface area contributed by atoms with Crippen molar-refractivity contribution in [2.45, 2.75) is 38.9 Å². The van der Waals surface area contributed by atoms with Gasteiger partial charge >= 0.3 is 6.18 Å². The number of aryl methyl sites for hydroxylation is 2. The van der Waals surface area contributed by atoms with E-state index < -0.39 is 24.7 Å². The Morgan fingerprint density at radius 1 is 1.43 bits per heavy atom. The van der Waals surface area contributed by atoms with Gasteiger partial charge in [-0.05, 0) is 26.7 Å². The van der Waals surface area contributed by atoms with Crippen LogP contribution in [0.15, 0.2) is 6.07 Å². The van der Waals surface area contributed by atoms with Gasteiger partial charge in [-0.3, -0.25) is 4.79 Å². The van der Waals surface area contributed by atoms with Crippen LogP contribution < -0.4 is 10.2 Å². The average Bonchev–Trinajstić information content (AvgIpc) is 2.83. The minimum atomic E-state index is -4.40. The molecule has 0 aliphatic carbocycles. The molecule has 0 bridgehead atoms. The van der Waals surface area contributed by atoms with E-state index in [0.29, 0.717) is 24.6 Å². The van der Waals surface area contributed by atoms with Crippen molar-refractivity contribution in [1.29, 1.82) is 0 Å². The molecule has 1 aliphatic rings. The molecule has 5 nitrogen and oxygen atoms in total. The summed E-state index contributed by atoms with van der Waals surface area (Å²) < 4.78 is 36.5. The molecule has 1 unspecified atom stereocenters. The summed E-state index contributed by atoms with van der Waals surface area (Å²) in [5.41, 5.74) is 0.763. The highest BCUT2D eigenvalue weighted by Gasteiger charge is 2.34. The number of aromatic nitrogens is 2. The van der Waals surface area contributed by atoms with E-state index in [1.165, 1.54) is 0 Å². The normalized spacial score (nSPS) is 18.9. The molecule has 21 heavy (non-hydrogen) atoms. The highest BCUT2D eigenvalue weighted by atomic mass is 19.4. The number of nitrogens with one attached hydrogen (secondary N) is 1. The Hall–Kier alpha value is -1.86. The molecule has 0 spiro atoms. The molecule has 1 amide bonds. The zero-order chi connectivity index (χ0) is 15.6. The standard InChI is InChI=1S/C13H17F3N4O/c1-8-6-11(19-9(2)18-8)20-5-3-4-10(20)12(21)17-7-13(14,15)16/h6,10H,3-5,7H2,1-2H3,(H,17,21). The number of anilines is 1. The van der Waals surface area contributed by atoms with Crippen LogP contribution in [0.25, 0.3) is 0 Å². The molecule has 1 aromatic rings.